The minimum atomic E-state index is -0.479. The highest BCUT2D eigenvalue weighted by molar-refractivity contribution is 5.91. The van der Waals surface area contributed by atoms with Crippen molar-refractivity contribution in [2.24, 2.45) is 22.7 Å². The summed E-state index contributed by atoms with van der Waals surface area (Å²) in [6, 6.07) is 0. The monoisotopic (exact) mass is 320 g/mol. The van der Waals surface area contributed by atoms with Gasteiger partial charge in [0.05, 0.1) is 12.7 Å². The summed E-state index contributed by atoms with van der Waals surface area (Å²) in [5.74, 6) is 0.189. The first-order valence-electron chi connectivity index (χ1n) is 8.23. The molecule has 0 aromatic carbocycles. The molecule has 2 bridgehead atoms. The van der Waals surface area contributed by atoms with Gasteiger partial charge < -0.3 is 9.47 Å². The van der Waals surface area contributed by atoms with E-state index in [1.54, 1.807) is 13.8 Å². The Kier molecular flexibility index (Phi) is 4.49. The van der Waals surface area contributed by atoms with Gasteiger partial charge >= 0.3 is 11.9 Å². The predicted octanol–water partition coefficient (Wildman–Crippen LogP) is 4.02. The number of hydrogen-bond acceptors (Lipinski definition) is 4. The molecule has 3 unspecified atom stereocenters. The molecule has 3 atom stereocenters. The largest absolute Gasteiger partial charge is 0.466 e. The molecule has 2 fully saturated rings. The fourth-order valence-electron chi connectivity index (χ4n) is 4.45. The van der Waals surface area contributed by atoms with Crippen LogP contribution in [-0.2, 0) is 19.1 Å². The van der Waals surface area contributed by atoms with E-state index in [4.69, 9.17) is 9.47 Å². The lowest BCUT2D eigenvalue weighted by molar-refractivity contribution is -0.138. The fourth-order valence-corrected chi connectivity index (χ4v) is 4.45. The third-order valence-electron chi connectivity index (χ3n) is 6.52. The Morgan fingerprint density at radius 1 is 1.13 bits per heavy atom. The van der Waals surface area contributed by atoms with Crippen LogP contribution >= 0.6 is 0 Å². The van der Waals surface area contributed by atoms with E-state index < -0.39 is 11.9 Å². The summed E-state index contributed by atoms with van der Waals surface area (Å²) in [4.78, 5) is 24.1. The number of esters is 2. The van der Waals surface area contributed by atoms with E-state index >= 15 is 0 Å². The number of allylic oxidation sites excluding steroid dienone is 1. The van der Waals surface area contributed by atoms with Gasteiger partial charge in [-0.05, 0) is 49.9 Å². The first-order chi connectivity index (χ1) is 10.6. The minimum absolute atomic E-state index is 0.0115. The average molecular weight is 320 g/mol. The number of methoxy groups -OCH3 is 1. The number of carbonyl (C=O) groups excluding carboxylic acids is 2. The van der Waals surface area contributed by atoms with Crippen LogP contribution in [0.3, 0.4) is 0 Å². The molecule has 2 rings (SSSR count). The molecule has 0 saturated heterocycles. The maximum absolute atomic E-state index is 12.1. The third-order valence-corrected chi connectivity index (χ3v) is 6.52. The second-order valence-electron chi connectivity index (χ2n) is 7.81. The van der Waals surface area contributed by atoms with Gasteiger partial charge in [0.1, 0.15) is 5.76 Å². The smallest absolute Gasteiger partial charge is 0.338 e. The Labute approximate surface area is 138 Å². The van der Waals surface area contributed by atoms with Crippen LogP contribution in [0.4, 0.5) is 0 Å². The Hall–Kier alpha value is -1.58. The van der Waals surface area contributed by atoms with Gasteiger partial charge in [-0.15, -0.1) is 0 Å². The first-order valence-corrected chi connectivity index (χ1v) is 8.23. The highest BCUT2D eigenvalue weighted by Crippen LogP contribution is 2.69. The summed E-state index contributed by atoms with van der Waals surface area (Å²) in [6.07, 6.45) is 3.22. The molecule has 0 aliphatic heterocycles. The van der Waals surface area contributed by atoms with Crippen molar-refractivity contribution in [1.82, 2.24) is 0 Å². The van der Waals surface area contributed by atoms with E-state index in [1.165, 1.54) is 13.5 Å². The van der Waals surface area contributed by atoms with Crippen molar-refractivity contribution < 1.29 is 19.1 Å². The van der Waals surface area contributed by atoms with Gasteiger partial charge in [0, 0.05) is 11.5 Å². The summed E-state index contributed by atoms with van der Waals surface area (Å²) in [5, 5.41) is 0. The molecule has 0 aromatic rings. The van der Waals surface area contributed by atoms with Gasteiger partial charge in [0.15, 0.2) is 0 Å². The molecule has 2 aliphatic carbocycles. The third kappa shape index (κ3) is 2.62. The van der Waals surface area contributed by atoms with Crippen molar-refractivity contribution in [2.45, 2.75) is 53.9 Å². The molecule has 0 heterocycles. The molecular formula is C19H28O4. The van der Waals surface area contributed by atoms with Gasteiger partial charge in [-0.1, -0.05) is 27.4 Å². The van der Waals surface area contributed by atoms with E-state index in [0.717, 1.165) is 12.8 Å². The van der Waals surface area contributed by atoms with Crippen LogP contribution in [0.25, 0.3) is 0 Å². The van der Waals surface area contributed by atoms with Crippen molar-refractivity contribution in [2.75, 3.05) is 7.11 Å². The van der Waals surface area contributed by atoms with E-state index in [9.17, 15) is 9.59 Å². The van der Waals surface area contributed by atoms with Crippen LogP contribution in [0.1, 0.15) is 53.9 Å². The molecule has 128 valence electrons. The van der Waals surface area contributed by atoms with E-state index in [-0.39, 0.29) is 16.7 Å². The quantitative estimate of drug-likeness (QED) is 0.446. The van der Waals surface area contributed by atoms with Crippen LogP contribution in [-0.4, -0.2) is 19.0 Å². The normalized spacial score (nSPS) is 32.3. The lowest BCUT2D eigenvalue weighted by atomic mass is 9.66. The SMILES string of the molecule is C=C(C)C(=O)O/C(=C(/C)C(=O)OC)C1CC2CCC1(C)C2(C)C. The maximum atomic E-state index is 12.1. The highest BCUT2D eigenvalue weighted by atomic mass is 16.5. The molecular weight excluding hydrogens is 292 g/mol. The zero-order valence-electron chi connectivity index (χ0n) is 15.1. The standard InChI is InChI=1S/C19H28O4/c1-11(2)16(20)23-15(12(3)17(21)22-7)14-10-13-8-9-19(14,6)18(13,4)5/h13-14H,1,8-10H2,2-7H3/b15-12-. The average Bonchev–Trinajstić information content (AvgIpc) is 2.83. The maximum Gasteiger partial charge on any atom is 0.338 e. The Balaban J connectivity index is 2.46. The second-order valence-corrected chi connectivity index (χ2v) is 7.81. The molecule has 0 spiro atoms. The number of carbonyl (C=O) groups is 2. The minimum Gasteiger partial charge on any atom is -0.466 e. The summed E-state index contributed by atoms with van der Waals surface area (Å²) >= 11 is 0. The zero-order valence-corrected chi connectivity index (χ0v) is 15.1. The highest BCUT2D eigenvalue weighted by Gasteiger charge is 2.63. The molecule has 0 N–H and O–H groups in total. The second kappa shape index (κ2) is 5.81. The molecule has 0 amide bonds. The number of fused-ring (bicyclic) bond motifs is 2. The first kappa shape index (κ1) is 17.8. The molecule has 2 saturated carbocycles. The fraction of sp³-hybridized carbons (Fsp3) is 0.684. The number of hydrogen-bond donors (Lipinski definition) is 0. The zero-order chi connectivity index (χ0) is 17.6. The number of ether oxygens (including phenoxy) is 2. The van der Waals surface area contributed by atoms with Crippen molar-refractivity contribution in [3.63, 3.8) is 0 Å². The molecule has 23 heavy (non-hydrogen) atoms. The lowest BCUT2D eigenvalue weighted by Gasteiger charge is -2.40. The Morgan fingerprint density at radius 2 is 1.74 bits per heavy atom. The van der Waals surface area contributed by atoms with E-state index in [2.05, 4.69) is 27.4 Å². The van der Waals surface area contributed by atoms with Gasteiger partial charge in [0.25, 0.3) is 0 Å². The van der Waals surface area contributed by atoms with Crippen molar-refractivity contribution in [1.29, 1.82) is 0 Å². The van der Waals surface area contributed by atoms with Gasteiger partial charge in [-0.25, -0.2) is 9.59 Å². The predicted molar refractivity (Wildman–Crippen MR) is 88.3 cm³/mol. The van der Waals surface area contributed by atoms with Gasteiger partial charge in [-0.3, -0.25) is 0 Å². The molecule has 0 aromatic heterocycles. The van der Waals surface area contributed by atoms with Gasteiger partial charge in [0.2, 0.25) is 0 Å². The summed E-state index contributed by atoms with van der Waals surface area (Å²) < 4.78 is 10.5. The van der Waals surface area contributed by atoms with Crippen molar-refractivity contribution in [3.8, 4) is 0 Å². The Bertz CT molecular complexity index is 584. The molecule has 4 heteroatoms. The molecule has 0 radical (unpaired) electrons. The van der Waals surface area contributed by atoms with E-state index in [1.807, 2.05) is 0 Å². The lowest BCUT2D eigenvalue weighted by Crippen LogP contribution is -2.35. The van der Waals surface area contributed by atoms with Gasteiger partial charge in [-0.2, -0.15) is 0 Å². The summed E-state index contributed by atoms with van der Waals surface area (Å²) in [6.45, 7) is 13.8. The van der Waals surface area contributed by atoms with Crippen molar-refractivity contribution >= 4 is 11.9 Å². The van der Waals surface area contributed by atoms with Crippen LogP contribution in [0, 0.1) is 22.7 Å². The number of rotatable bonds is 4. The van der Waals surface area contributed by atoms with E-state index in [0.29, 0.717) is 22.8 Å². The molecule has 4 nitrogen and oxygen atoms in total. The summed E-state index contributed by atoms with van der Waals surface area (Å²) in [5.41, 5.74) is 0.886. The van der Waals surface area contributed by atoms with Crippen LogP contribution in [0.2, 0.25) is 0 Å². The van der Waals surface area contributed by atoms with Crippen LogP contribution < -0.4 is 0 Å². The Morgan fingerprint density at radius 3 is 2.13 bits per heavy atom. The van der Waals surface area contributed by atoms with Crippen LogP contribution in [0.15, 0.2) is 23.5 Å². The molecule has 2 aliphatic rings. The van der Waals surface area contributed by atoms with Crippen LogP contribution in [0.5, 0.6) is 0 Å². The summed E-state index contributed by atoms with van der Waals surface area (Å²) in [7, 11) is 1.34. The topological polar surface area (TPSA) is 52.6 Å². The van der Waals surface area contributed by atoms with Crippen molar-refractivity contribution in [3.05, 3.63) is 23.5 Å².